The SMILES string of the molecule is C[C@@H](c1ccco1)N(C)[C@H]1CCNC1. The monoisotopic (exact) mass is 194 g/mol. The van der Waals surface area contributed by atoms with Crippen molar-refractivity contribution in [1.82, 2.24) is 10.2 Å². The van der Waals surface area contributed by atoms with Gasteiger partial charge in [0.15, 0.2) is 0 Å². The van der Waals surface area contributed by atoms with E-state index in [-0.39, 0.29) is 0 Å². The summed E-state index contributed by atoms with van der Waals surface area (Å²) in [6, 6.07) is 5.01. The summed E-state index contributed by atoms with van der Waals surface area (Å²) in [6.45, 7) is 4.43. The highest BCUT2D eigenvalue weighted by Gasteiger charge is 2.24. The maximum atomic E-state index is 5.41. The molecule has 0 bridgehead atoms. The van der Waals surface area contributed by atoms with Crippen molar-refractivity contribution < 1.29 is 4.42 Å². The molecule has 1 saturated heterocycles. The summed E-state index contributed by atoms with van der Waals surface area (Å²) in [7, 11) is 2.17. The van der Waals surface area contributed by atoms with Crippen molar-refractivity contribution in [2.24, 2.45) is 0 Å². The van der Waals surface area contributed by atoms with E-state index in [9.17, 15) is 0 Å². The van der Waals surface area contributed by atoms with Crippen molar-refractivity contribution in [3.05, 3.63) is 24.2 Å². The first-order chi connectivity index (χ1) is 6.79. The van der Waals surface area contributed by atoms with Crippen LogP contribution in [0.25, 0.3) is 0 Å². The normalized spacial score (nSPS) is 24.4. The topological polar surface area (TPSA) is 28.4 Å². The van der Waals surface area contributed by atoms with Crippen LogP contribution in [0.2, 0.25) is 0 Å². The Kier molecular flexibility index (Phi) is 2.89. The molecule has 3 heteroatoms. The Bertz CT molecular complexity index is 265. The van der Waals surface area contributed by atoms with Crippen molar-refractivity contribution in [3.63, 3.8) is 0 Å². The van der Waals surface area contributed by atoms with E-state index in [0.29, 0.717) is 12.1 Å². The summed E-state index contributed by atoms with van der Waals surface area (Å²) < 4.78 is 5.41. The Balaban J connectivity index is 2.00. The van der Waals surface area contributed by atoms with Crippen molar-refractivity contribution in [2.75, 3.05) is 20.1 Å². The molecule has 2 atom stereocenters. The molecule has 1 fully saturated rings. The minimum Gasteiger partial charge on any atom is -0.468 e. The van der Waals surface area contributed by atoms with Gasteiger partial charge in [-0.05, 0) is 39.1 Å². The fourth-order valence-electron chi connectivity index (χ4n) is 2.03. The zero-order chi connectivity index (χ0) is 9.97. The molecule has 14 heavy (non-hydrogen) atoms. The quantitative estimate of drug-likeness (QED) is 0.793. The van der Waals surface area contributed by atoms with Gasteiger partial charge < -0.3 is 9.73 Å². The number of rotatable bonds is 3. The minimum absolute atomic E-state index is 0.370. The van der Waals surface area contributed by atoms with Gasteiger partial charge in [0.2, 0.25) is 0 Å². The first-order valence-corrected chi connectivity index (χ1v) is 5.25. The number of nitrogens with one attached hydrogen (secondary N) is 1. The maximum Gasteiger partial charge on any atom is 0.120 e. The molecule has 2 rings (SSSR count). The van der Waals surface area contributed by atoms with Crippen LogP contribution in [0.1, 0.15) is 25.1 Å². The molecule has 2 heterocycles. The number of likely N-dealkylation sites (N-methyl/N-ethyl adjacent to an activating group) is 1. The number of nitrogens with zero attached hydrogens (tertiary/aromatic N) is 1. The van der Waals surface area contributed by atoms with Crippen molar-refractivity contribution in [3.8, 4) is 0 Å². The zero-order valence-electron chi connectivity index (χ0n) is 8.86. The van der Waals surface area contributed by atoms with Crippen molar-refractivity contribution >= 4 is 0 Å². The molecule has 3 nitrogen and oxygen atoms in total. The van der Waals surface area contributed by atoms with E-state index < -0.39 is 0 Å². The second kappa shape index (κ2) is 4.15. The Morgan fingerprint density at radius 3 is 3.07 bits per heavy atom. The molecular formula is C11H18N2O. The lowest BCUT2D eigenvalue weighted by molar-refractivity contribution is 0.176. The van der Waals surface area contributed by atoms with Crippen LogP contribution in [-0.4, -0.2) is 31.1 Å². The average Bonchev–Trinajstić information content (AvgIpc) is 2.87. The molecule has 1 aliphatic heterocycles. The Hall–Kier alpha value is -0.800. The van der Waals surface area contributed by atoms with E-state index in [1.807, 2.05) is 12.1 Å². The highest BCUT2D eigenvalue weighted by molar-refractivity contribution is 5.04. The Morgan fingerprint density at radius 1 is 1.64 bits per heavy atom. The summed E-state index contributed by atoms with van der Waals surface area (Å²) in [5.41, 5.74) is 0. The lowest BCUT2D eigenvalue weighted by Crippen LogP contribution is -2.35. The molecule has 0 spiro atoms. The van der Waals surface area contributed by atoms with E-state index in [0.717, 1.165) is 18.8 Å². The minimum atomic E-state index is 0.370. The molecular weight excluding hydrogens is 176 g/mol. The molecule has 1 N–H and O–H groups in total. The van der Waals surface area contributed by atoms with E-state index in [4.69, 9.17) is 4.42 Å². The summed E-state index contributed by atoms with van der Waals surface area (Å²) in [6.07, 6.45) is 2.98. The fourth-order valence-corrected chi connectivity index (χ4v) is 2.03. The van der Waals surface area contributed by atoms with Gasteiger partial charge in [-0.1, -0.05) is 0 Å². The molecule has 0 aliphatic carbocycles. The standard InChI is InChI=1S/C11H18N2O/c1-9(11-4-3-7-14-11)13(2)10-5-6-12-8-10/h3-4,7,9-10,12H,5-6,8H2,1-2H3/t9-,10-/m0/s1. The fraction of sp³-hybridized carbons (Fsp3) is 0.636. The lowest BCUT2D eigenvalue weighted by Gasteiger charge is -2.28. The van der Waals surface area contributed by atoms with E-state index in [1.54, 1.807) is 6.26 Å². The first-order valence-electron chi connectivity index (χ1n) is 5.25. The molecule has 0 aromatic carbocycles. The number of hydrogen-bond donors (Lipinski definition) is 1. The van der Waals surface area contributed by atoms with Gasteiger partial charge in [0, 0.05) is 12.6 Å². The zero-order valence-corrected chi connectivity index (χ0v) is 8.86. The van der Waals surface area contributed by atoms with Gasteiger partial charge in [0.05, 0.1) is 12.3 Å². The number of hydrogen-bond acceptors (Lipinski definition) is 3. The predicted molar refractivity (Wildman–Crippen MR) is 56.2 cm³/mol. The molecule has 1 aromatic heterocycles. The third-order valence-electron chi connectivity index (χ3n) is 3.18. The second-order valence-electron chi connectivity index (χ2n) is 4.00. The second-order valence-corrected chi connectivity index (χ2v) is 4.00. The molecule has 0 radical (unpaired) electrons. The third-order valence-corrected chi connectivity index (χ3v) is 3.18. The van der Waals surface area contributed by atoms with Crippen LogP contribution in [0.4, 0.5) is 0 Å². The van der Waals surface area contributed by atoms with Crippen LogP contribution in [0, 0.1) is 0 Å². The van der Waals surface area contributed by atoms with Crippen LogP contribution in [0.15, 0.2) is 22.8 Å². The largest absolute Gasteiger partial charge is 0.468 e. The highest BCUT2D eigenvalue weighted by Crippen LogP contribution is 2.22. The van der Waals surface area contributed by atoms with Crippen LogP contribution < -0.4 is 5.32 Å². The lowest BCUT2D eigenvalue weighted by atomic mass is 10.1. The van der Waals surface area contributed by atoms with Gasteiger partial charge >= 0.3 is 0 Å². The predicted octanol–water partition coefficient (Wildman–Crippen LogP) is 1.63. The Labute approximate surface area is 85.1 Å². The summed E-state index contributed by atoms with van der Waals surface area (Å²) >= 11 is 0. The van der Waals surface area contributed by atoms with E-state index in [1.165, 1.54) is 6.42 Å². The average molecular weight is 194 g/mol. The van der Waals surface area contributed by atoms with Crippen LogP contribution >= 0.6 is 0 Å². The number of furan rings is 1. The van der Waals surface area contributed by atoms with Gasteiger partial charge in [0.25, 0.3) is 0 Å². The molecule has 0 amide bonds. The molecule has 1 aromatic rings. The van der Waals surface area contributed by atoms with Gasteiger partial charge in [-0.3, -0.25) is 4.90 Å². The molecule has 1 aliphatic rings. The molecule has 0 unspecified atom stereocenters. The maximum absolute atomic E-state index is 5.41. The van der Waals surface area contributed by atoms with Gasteiger partial charge in [-0.15, -0.1) is 0 Å². The van der Waals surface area contributed by atoms with Crippen LogP contribution in [-0.2, 0) is 0 Å². The smallest absolute Gasteiger partial charge is 0.120 e. The highest BCUT2D eigenvalue weighted by atomic mass is 16.3. The third kappa shape index (κ3) is 1.83. The summed E-state index contributed by atoms with van der Waals surface area (Å²) in [5, 5.41) is 3.38. The van der Waals surface area contributed by atoms with Crippen molar-refractivity contribution in [1.29, 1.82) is 0 Å². The molecule has 0 saturated carbocycles. The van der Waals surface area contributed by atoms with Gasteiger partial charge in [-0.25, -0.2) is 0 Å². The van der Waals surface area contributed by atoms with Crippen molar-refractivity contribution in [2.45, 2.75) is 25.4 Å². The first kappa shape index (κ1) is 9.74. The molecule has 78 valence electrons. The summed E-state index contributed by atoms with van der Waals surface area (Å²) in [5.74, 6) is 1.06. The van der Waals surface area contributed by atoms with Gasteiger partial charge in [0.1, 0.15) is 5.76 Å². The van der Waals surface area contributed by atoms with E-state index in [2.05, 4.69) is 24.2 Å². The Morgan fingerprint density at radius 2 is 2.50 bits per heavy atom. The van der Waals surface area contributed by atoms with Crippen LogP contribution in [0.5, 0.6) is 0 Å². The van der Waals surface area contributed by atoms with Crippen LogP contribution in [0.3, 0.4) is 0 Å². The summed E-state index contributed by atoms with van der Waals surface area (Å²) in [4.78, 5) is 2.39. The van der Waals surface area contributed by atoms with Gasteiger partial charge in [-0.2, -0.15) is 0 Å². The van der Waals surface area contributed by atoms with E-state index >= 15 is 0 Å².